The molecule has 0 radical (unpaired) electrons. The quantitative estimate of drug-likeness (QED) is 0.116. The van der Waals surface area contributed by atoms with E-state index in [1.807, 2.05) is 6.92 Å². The fourth-order valence-electron chi connectivity index (χ4n) is 4.62. The number of carboxylic acids is 1. The van der Waals surface area contributed by atoms with Crippen LogP contribution in [0.2, 0.25) is 0 Å². The zero-order valence-electron chi connectivity index (χ0n) is 21.6. The van der Waals surface area contributed by atoms with Crippen molar-refractivity contribution >= 4 is 11.8 Å². The molecule has 0 fully saturated rings. The normalized spacial score (nSPS) is 18.8. The van der Waals surface area contributed by atoms with E-state index in [1.54, 1.807) is 12.4 Å². The number of nitrogens with zero attached hydrogens (tertiary/aromatic N) is 2. The minimum Gasteiger partial charge on any atom is -0.544 e. The van der Waals surface area contributed by atoms with Crippen molar-refractivity contribution in [2.45, 2.75) is 136 Å². The summed E-state index contributed by atoms with van der Waals surface area (Å²) in [4.78, 5) is 15.6. The van der Waals surface area contributed by atoms with Crippen molar-refractivity contribution in [1.82, 2.24) is 0 Å². The van der Waals surface area contributed by atoms with Gasteiger partial charge in [0.15, 0.2) is 0 Å². The molecule has 1 aliphatic rings. The highest BCUT2D eigenvalue weighted by Gasteiger charge is 2.38. The van der Waals surface area contributed by atoms with E-state index in [0.29, 0.717) is 0 Å². The molecule has 1 rings (SSSR count). The molecule has 1 heterocycles. The summed E-state index contributed by atoms with van der Waals surface area (Å²) in [7, 11) is 0. The van der Waals surface area contributed by atoms with E-state index in [1.165, 1.54) is 96.3 Å². The van der Waals surface area contributed by atoms with Crippen LogP contribution in [0.3, 0.4) is 0 Å². The summed E-state index contributed by atoms with van der Waals surface area (Å²) in [6.07, 6.45) is 31.0. The summed E-state index contributed by atoms with van der Waals surface area (Å²) in [6, 6.07) is 0. The number of aliphatic carboxylic acids is 1. The molecular weight excluding hydrogens is 410 g/mol. The van der Waals surface area contributed by atoms with Crippen LogP contribution in [0.15, 0.2) is 29.5 Å². The molecule has 0 amide bonds. The molecule has 0 spiro atoms. The zero-order valence-corrected chi connectivity index (χ0v) is 21.6. The standard InChI is InChI=1S/C28H51N3O2/c1-3-4-5-6-7-8-9-10-11-12-13-14-15-16-17-18-19-20-21-22-27-30-23-24-31(27,26(2)29)25-28(32)33/h6-7,23-24,26H,3-5,8-22,25,29H2,1-2H3/b7-6+. The van der Waals surface area contributed by atoms with Gasteiger partial charge in [0.2, 0.25) is 5.84 Å². The van der Waals surface area contributed by atoms with Crippen LogP contribution in [0.4, 0.5) is 0 Å². The van der Waals surface area contributed by atoms with Crippen LogP contribution < -0.4 is 10.8 Å². The van der Waals surface area contributed by atoms with Gasteiger partial charge < -0.3 is 9.90 Å². The van der Waals surface area contributed by atoms with Crippen LogP contribution in [-0.4, -0.2) is 29.0 Å². The van der Waals surface area contributed by atoms with Crippen molar-refractivity contribution in [3.63, 3.8) is 0 Å². The van der Waals surface area contributed by atoms with Crippen molar-refractivity contribution in [2.75, 3.05) is 6.54 Å². The van der Waals surface area contributed by atoms with Gasteiger partial charge in [-0.05, 0) is 25.7 Å². The van der Waals surface area contributed by atoms with Gasteiger partial charge in [0.05, 0.1) is 12.2 Å². The van der Waals surface area contributed by atoms with Crippen LogP contribution >= 0.6 is 0 Å². The lowest BCUT2D eigenvalue weighted by molar-refractivity contribution is -0.808. The maximum absolute atomic E-state index is 11.2. The topological polar surface area (TPSA) is 78.5 Å². The molecule has 190 valence electrons. The number of carbonyl (C=O) groups excluding carboxylic acids is 1. The summed E-state index contributed by atoms with van der Waals surface area (Å²) in [5.74, 6) is -0.227. The van der Waals surface area contributed by atoms with E-state index in [9.17, 15) is 9.90 Å². The number of amidine groups is 1. The highest BCUT2D eigenvalue weighted by atomic mass is 16.4. The minimum atomic E-state index is -1.09. The molecule has 5 heteroatoms. The molecule has 0 aromatic carbocycles. The molecule has 5 nitrogen and oxygen atoms in total. The Morgan fingerprint density at radius 2 is 1.39 bits per heavy atom. The van der Waals surface area contributed by atoms with Gasteiger partial charge in [-0.2, -0.15) is 0 Å². The monoisotopic (exact) mass is 461 g/mol. The predicted octanol–water partition coefficient (Wildman–Crippen LogP) is 6.34. The van der Waals surface area contributed by atoms with E-state index in [4.69, 9.17) is 5.73 Å². The SMILES string of the molecule is CCCC/C=C/CCCCCCCCCCCCCCCC1=NC=C[N+]1(CC(=O)[O-])C(C)N. The van der Waals surface area contributed by atoms with Crippen LogP contribution in [0.25, 0.3) is 0 Å². The number of nitrogens with two attached hydrogens (primary N) is 1. The third kappa shape index (κ3) is 13.1. The highest BCUT2D eigenvalue weighted by molar-refractivity contribution is 5.81. The van der Waals surface area contributed by atoms with Crippen LogP contribution in [0.1, 0.15) is 129 Å². The molecule has 0 aromatic rings. The van der Waals surface area contributed by atoms with Crippen LogP contribution in [-0.2, 0) is 4.79 Å². The average Bonchev–Trinajstić information content (AvgIpc) is 3.18. The van der Waals surface area contributed by atoms with E-state index in [0.717, 1.165) is 25.1 Å². The Balaban J connectivity index is 1.92. The molecule has 0 aliphatic carbocycles. The van der Waals surface area contributed by atoms with Crippen molar-refractivity contribution < 1.29 is 14.4 Å². The van der Waals surface area contributed by atoms with E-state index in [2.05, 4.69) is 24.1 Å². The second-order valence-corrected chi connectivity index (χ2v) is 9.79. The number of carbonyl (C=O) groups is 1. The molecule has 2 N–H and O–H groups in total. The predicted molar refractivity (Wildman–Crippen MR) is 138 cm³/mol. The van der Waals surface area contributed by atoms with Gasteiger partial charge in [0.1, 0.15) is 18.9 Å². The number of quaternary nitrogens is 1. The number of allylic oxidation sites excluding steroid dienone is 2. The molecular formula is C28H51N3O2. The molecule has 0 aromatic heterocycles. The van der Waals surface area contributed by atoms with Crippen molar-refractivity contribution in [3.05, 3.63) is 24.6 Å². The lowest BCUT2D eigenvalue weighted by Crippen LogP contribution is -2.60. The van der Waals surface area contributed by atoms with Gasteiger partial charge in [-0.15, -0.1) is 0 Å². The Kier molecular flexibility index (Phi) is 16.9. The second kappa shape index (κ2) is 18.9. The number of aliphatic imine (C=N–C) groups is 1. The summed E-state index contributed by atoms with van der Waals surface area (Å²) in [5, 5.41) is 11.2. The van der Waals surface area contributed by atoms with Crippen molar-refractivity contribution in [3.8, 4) is 0 Å². The molecule has 2 atom stereocenters. The zero-order chi connectivity index (χ0) is 24.2. The Morgan fingerprint density at radius 3 is 1.88 bits per heavy atom. The second-order valence-electron chi connectivity index (χ2n) is 9.79. The smallest absolute Gasteiger partial charge is 0.209 e. The van der Waals surface area contributed by atoms with Crippen LogP contribution in [0.5, 0.6) is 0 Å². The van der Waals surface area contributed by atoms with E-state index < -0.39 is 5.97 Å². The van der Waals surface area contributed by atoms with Gasteiger partial charge >= 0.3 is 0 Å². The Morgan fingerprint density at radius 1 is 0.909 bits per heavy atom. The first-order valence-electron chi connectivity index (χ1n) is 13.8. The molecule has 0 bridgehead atoms. The number of rotatable bonds is 22. The summed E-state index contributed by atoms with van der Waals surface area (Å²) in [6.45, 7) is 3.95. The minimum absolute atomic E-state index is 0.110. The number of carboxylic acid groups (broad SMARTS) is 1. The van der Waals surface area contributed by atoms with Gasteiger partial charge in [0.25, 0.3) is 0 Å². The highest BCUT2D eigenvalue weighted by Crippen LogP contribution is 2.23. The van der Waals surface area contributed by atoms with Gasteiger partial charge in [-0.25, -0.2) is 9.48 Å². The molecule has 2 unspecified atom stereocenters. The largest absolute Gasteiger partial charge is 0.544 e. The molecule has 1 aliphatic heterocycles. The summed E-state index contributed by atoms with van der Waals surface area (Å²) in [5.41, 5.74) is 6.09. The third-order valence-corrected chi connectivity index (χ3v) is 6.82. The molecule has 0 saturated heterocycles. The maximum Gasteiger partial charge on any atom is 0.209 e. The first-order valence-corrected chi connectivity index (χ1v) is 13.8. The lowest BCUT2D eigenvalue weighted by atomic mass is 10.0. The Bertz CT molecular complexity index is 598. The lowest BCUT2D eigenvalue weighted by Gasteiger charge is -2.36. The summed E-state index contributed by atoms with van der Waals surface area (Å²) < 4.78 is 0.110. The first kappa shape index (κ1) is 29.6. The van der Waals surface area contributed by atoms with E-state index in [-0.39, 0.29) is 17.2 Å². The maximum atomic E-state index is 11.2. The first-order chi connectivity index (χ1) is 16.0. The number of unbranched alkanes of at least 4 members (excludes halogenated alkanes) is 15. The average molecular weight is 462 g/mol. The molecule has 0 saturated carbocycles. The van der Waals surface area contributed by atoms with Gasteiger partial charge in [0, 0.05) is 13.3 Å². The van der Waals surface area contributed by atoms with Crippen molar-refractivity contribution in [1.29, 1.82) is 0 Å². The van der Waals surface area contributed by atoms with Gasteiger partial charge in [-0.3, -0.25) is 5.73 Å². The van der Waals surface area contributed by atoms with Gasteiger partial charge in [-0.1, -0.05) is 103 Å². The number of hydrogen-bond donors (Lipinski definition) is 1. The van der Waals surface area contributed by atoms with E-state index >= 15 is 0 Å². The Hall–Kier alpha value is -1.46. The van der Waals surface area contributed by atoms with Crippen molar-refractivity contribution in [2.24, 2.45) is 10.7 Å². The fourth-order valence-corrected chi connectivity index (χ4v) is 4.62. The number of hydrogen-bond acceptors (Lipinski definition) is 4. The fraction of sp³-hybridized carbons (Fsp3) is 0.786. The third-order valence-electron chi connectivity index (χ3n) is 6.82. The Labute approximate surface area is 203 Å². The summed E-state index contributed by atoms with van der Waals surface area (Å²) >= 11 is 0. The van der Waals surface area contributed by atoms with Crippen LogP contribution in [0, 0.1) is 0 Å². The molecule has 33 heavy (non-hydrogen) atoms.